The molecule has 3 aromatic carbocycles. The van der Waals surface area contributed by atoms with Gasteiger partial charge in [-0.3, -0.25) is 4.79 Å². The lowest BCUT2D eigenvalue weighted by atomic mass is 9.94. The van der Waals surface area contributed by atoms with E-state index in [-0.39, 0.29) is 23.9 Å². The van der Waals surface area contributed by atoms with Crippen molar-refractivity contribution in [3.05, 3.63) is 88.7 Å². The highest BCUT2D eigenvalue weighted by Gasteiger charge is 2.24. The fraction of sp³-hybridized carbons (Fsp3) is 0.345. The summed E-state index contributed by atoms with van der Waals surface area (Å²) in [6.45, 7) is 2.34. The maximum Gasteiger partial charge on any atom is 0.216 e. The molecule has 0 aliphatic heterocycles. The number of carbonyl (C=O) groups excluding carboxylic acids is 1. The van der Waals surface area contributed by atoms with Crippen molar-refractivity contribution in [1.82, 2.24) is 5.32 Å². The van der Waals surface area contributed by atoms with Crippen LogP contribution in [0, 0.1) is 5.82 Å². The lowest BCUT2D eigenvalue weighted by Crippen LogP contribution is -2.28. The van der Waals surface area contributed by atoms with Gasteiger partial charge in [0.25, 0.3) is 0 Å². The first-order valence-corrected chi connectivity index (χ1v) is 12.5. The van der Waals surface area contributed by atoms with Crippen LogP contribution in [0.15, 0.2) is 66.7 Å². The molecule has 1 amide bonds. The van der Waals surface area contributed by atoms with E-state index in [1.807, 2.05) is 60.7 Å². The average Bonchev–Trinajstić information content (AvgIpc) is 2.86. The SMILES string of the molecule is CC(=O)NCCc1c(F)cc(OC2CCC(OCc3ccccc3Cl)CC2)cc1-c1ccccc1. The number of carbonyl (C=O) groups is 1. The highest BCUT2D eigenvalue weighted by molar-refractivity contribution is 6.31. The van der Waals surface area contributed by atoms with Crippen molar-refractivity contribution in [3.8, 4) is 16.9 Å². The standard InChI is InChI=1S/C29H31ClFNO3/c1-20(33)32-16-15-26-27(21-7-3-2-4-8-21)17-25(18-29(26)31)35-24-13-11-23(12-14-24)34-19-22-9-5-6-10-28(22)30/h2-10,17-18,23-24H,11-16,19H2,1H3,(H,32,33). The maximum atomic E-state index is 15.2. The molecule has 0 radical (unpaired) electrons. The van der Waals surface area contributed by atoms with Crippen LogP contribution >= 0.6 is 11.6 Å². The van der Waals surface area contributed by atoms with Gasteiger partial charge in [0.2, 0.25) is 5.91 Å². The summed E-state index contributed by atoms with van der Waals surface area (Å²) >= 11 is 6.23. The largest absolute Gasteiger partial charge is 0.490 e. The van der Waals surface area contributed by atoms with Gasteiger partial charge in [0.05, 0.1) is 18.8 Å². The number of ether oxygens (including phenoxy) is 2. The van der Waals surface area contributed by atoms with Crippen molar-refractivity contribution in [2.75, 3.05) is 6.54 Å². The molecule has 0 bridgehead atoms. The van der Waals surface area contributed by atoms with Gasteiger partial charge < -0.3 is 14.8 Å². The van der Waals surface area contributed by atoms with Crippen LogP contribution in [0.4, 0.5) is 4.39 Å². The summed E-state index contributed by atoms with van der Waals surface area (Å²) in [5, 5.41) is 3.48. The van der Waals surface area contributed by atoms with Gasteiger partial charge in [0.15, 0.2) is 0 Å². The number of halogens is 2. The van der Waals surface area contributed by atoms with Crippen molar-refractivity contribution in [1.29, 1.82) is 0 Å². The molecule has 35 heavy (non-hydrogen) atoms. The molecule has 1 fully saturated rings. The molecular formula is C29H31ClFNO3. The van der Waals surface area contributed by atoms with Gasteiger partial charge in [-0.25, -0.2) is 4.39 Å². The highest BCUT2D eigenvalue weighted by atomic mass is 35.5. The van der Waals surface area contributed by atoms with Gasteiger partial charge in [0, 0.05) is 24.6 Å². The summed E-state index contributed by atoms with van der Waals surface area (Å²) in [6.07, 6.45) is 4.06. The topological polar surface area (TPSA) is 47.6 Å². The Morgan fingerprint density at radius 3 is 2.40 bits per heavy atom. The van der Waals surface area contributed by atoms with Crippen molar-refractivity contribution in [3.63, 3.8) is 0 Å². The Hall–Kier alpha value is -2.89. The molecule has 184 valence electrons. The minimum absolute atomic E-state index is 0.0171. The second kappa shape index (κ2) is 12.2. The van der Waals surface area contributed by atoms with Gasteiger partial charge in [-0.2, -0.15) is 0 Å². The minimum Gasteiger partial charge on any atom is -0.490 e. The van der Waals surface area contributed by atoms with E-state index in [1.54, 1.807) is 0 Å². The molecule has 1 N–H and O–H groups in total. The van der Waals surface area contributed by atoms with Crippen LogP contribution in [-0.2, 0) is 22.6 Å². The van der Waals surface area contributed by atoms with E-state index in [1.165, 1.54) is 13.0 Å². The van der Waals surface area contributed by atoms with Gasteiger partial charge >= 0.3 is 0 Å². The maximum absolute atomic E-state index is 15.2. The molecule has 4 rings (SSSR count). The highest BCUT2D eigenvalue weighted by Crippen LogP contribution is 2.33. The predicted octanol–water partition coefficient (Wildman–Crippen LogP) is 6.73. The summed E-state index contributed by atoms with van der Waals surface area (Å²) in [6, 6.07) is 20.8. The quantitative estimate of drug-likeness (QED) is 0.358. The zero-order valence-corrected chi connectivity index (χ0v) is 20.7. The third-order valence-electron chi connectivity index (χ3n) is 6.36. The number of hydrogen-bond acceptors (Lipinski definition) is 3. The molecule has 3 aromatic rings. The molecule has 1 saturated carbocycles. The van der Waals surface area contributed by atoms with Crippen LogP contribution in [0.5, 0.6) is 5.75 Å². The predicted molar refractivity (Wildman–Crippen MR) is 137 cm³/mol. The van der Waals surface area contributed by atoms with Crippen molar-refractivity contribution in [2.24, 2.45) is 0 Å². The molecule has 0 atom stereocenters. The molecule has 4 nitrogen and oxygen atoms in total. The Morgan fingerprint density at radius 1 is 1.00 bits per heavy atom. The van der Waals surface area contributed by atoms with Crippen LogP contribution in [0.1, 0.15) is 43.7 Å². The summed E-state index contributed by atoms with van der Waals surface area (Å²) in [5.41, 5.74) is 3.29. The molecular weight excluding hydrogens is 465 g/mol. The second-order valence-electron chi connectivity index (χ2n) is 8.95. The molecule has 0 spiro atoms. The van der Waals surface area contributed by atoms with E-state index in [0.29, 0.717) is 30.9 Å². The molecule has 0 saturated heterocycles. The Kier molecular flexibility index (Phi) is 8.78. The molecule has 1 aliphatic carbocycles. The van der Waals surface area contributed by atoms with E-state index in [2.05, 4.69) is 5.32 Å². The minimum atomic E-state index is -0.316. The Bertz CT molecular complexity index is 1130. The average molecular weight is 496 g/mol. The number of benzene rings is 3. The second-order valence-corrected chi connectivity index (χ2v) is 9.36. The lowest BCUT2D eigenvalue weighted by molar-refractivity contribution is -0.118. The smallest absolute Gasteiger partial charge is 0.216 e. The van der Waals surface area contributed by atoms with Crippen molar-refractivity contribution >= 4 is 17.5 Å². The van der Waals surface area contributed by atoms with Gasteiger partial charge in [-0.05, 0) is 66.5 Å². The van der Waals surface area contributed by atoms with E-state index < -0.39 is 0 Å². The molecule has 1 aliphatic rings. The van der Waals surface area contributed by atoms with Crippen LogP contribution < -0.4 is 10.1 Å². The Balaban J connectivity index is 1.39. The monoisotopic (exact) mass is 495 g/mol. The number of amides is 1. The molecule has 0 heterocycles. The molecule has 0 aromatic heterocycles. The zero-order chi connectivity index (χ0) is 24.6. The van der Waals surface area contributed by atoms with E-state index >= 15 is 4.39 Å². The molecule has 6 heteroatoms. The normalized spacial score (nSPS) is 17.7. The third kappa shape index (κ3) is 7.06. The fourth-order valence-corrected chi connectivity index (χ4v) is 4.70. The number of hydrogen-bond donors (Lipinski definition) is 1. The summed E-state index contributed by atoms with van der Waals surface area (Å²) < 4.78 is 27.5. The first kappa shape index (κ1) is 25.2. The lowest BCUT2D eigenvalue weighted by Gasteiger charge is -2.29. The van der Waals surface area contributed by atoms with E-state index in [0.717, 1.165) is 47.4 Å². The first-order chi connectivity index (χ1) is 17.0. The Labute approximate surface area is 211 Å². The molecule has 0 unspecified atom stereocenters. The van der Waals surface area contributed by atoms with E-state index in [9.17, 15) is 4.79 Å². The Morgan fingerprint density at radius 2 is 1.69 bits per heavy atom. The summed E-state index contributed by atoms with van der Waals surface area (Å²) in [7, 11) is 0. The summed E-state index contributed by atoms with van der Waals surface area (Å²) in [5.74, 6) is 0.0894. The van der Waals surface area contributed by atoms with Gasteiger partial charge in [-0.1, -0.05) is 60.1 Å². The third-order valence-corrected chi connectivity index (χ3v) is 6.73. The zero-order valence-electron chi connectivity index (χ0n) is 19.9. The number of nitrogens with one attached hydrogen (secondary N) is 1. The van der Waals surface area contributed by atoms with Crippen molar-refractivity contribution in [2.45, 2.75) is 57.8 Å². The van der Waals surface area contributed by atoms with E-state index in [4.69, 9.17) is 21.1 Å². The van der Waals surface area contributed by atoms with Gasteiger partial charge in [-0.15, -0.1) is 0 Å². The van der Waals surface area contributed by atoms with Crippen LogP contribution in [0.3, 0.4) is 0 Å². The fourth-order valence-electron chi connectivity index (χ4n) is 4.50. The number of rotatable bonds is 9. The summed E-state index contributed by atoms with van der Waals surface area (Å²) in [4.78, 5) is 11.3. The van der Waals surface area contributed by atoms with Crippen LogP contribution in [0.25, 0.3) is 11.1 Å². The van der Waals surface area contributed by atoms with Crippen LogP contribution in [-0.4, -0.2) is 24.7 Å². The van der Waals surface area contributed by atoms with Crippen LogP contribution in [0.2, 0.25) is 5.02 Å². The van der Waals surface area contributed by atoms with Crippen molar-refractivity contribution < 1.29 is 18.7 Å². The van der Waals surface area contributed by atoms with Gasteiger partial charge in [0.1, 0.15) is 11.6 Å². The first-order valence-electron chi connectivity index (χ1n) is 12.1.